The first-order valence-electron chi connectivity index (χ1n) is 9.58. The molecule has 0 bridgehead atoms. The summed E-state index contributed by atoms with van der Waals surface area (Å²) in [7, 11) is 3.35. The molecule has 0 spiro atoms. The predicted molar refractivity (Wildman–Crippen MR) is 109 cm³/mol. The normalized spacial score (nSPS) is 12.3. The molecule has 6 nitrogen and oxygen atoms in total. The predicted octanol–water partition coefficient (Wildman–Crippen LogP) is 4.37. The monoisotopic (exact) mass is 387 g/mol. The number of nitrogens with zero attached hydrogens (tertiary/aromatic N) is 3. The zero-order chi connectivity index (χ0) is 19.8. The van der Waals surface area contributed by atoms with Crippen molar-refractivity contribution in [3.05, 3.63) is 71.5 Å². The van der Waals surface area contributed by atoms with Crippen LogP contribution in [0.1, 0.15) is 16.8 Å². The molecule has 2 heterocycles. The lowest BCUT2D eigenvalue weighted by Crippen LogP contribution is -2.04. The van der Waals surface area contributed by atoms with Crippen molar-refractivity contribution >= 4 is 0 Å². The fourth-order valence-electron chi connectivity index (χ4n) is 3.88. The van der Waals surface area contributed by atoms with E-state index in [-0.39, 0.29) is 0 Å². The lowest BCUT2D eigenvalue weighted by molar-refractivity contribution is 0.414. The lowest BCUT2D eigenvalue weighted by atomic mass is 9.93. The molecule has 4 aromatic rings. The van der Waals surface area contributed by atoms with E-state index >= 15 is 0 Å². The number of hydrogen-bond acceptors (Lipinski definition) is 5. The van der Waals surface area contributed by atoms with Crippen molar-refractivity contribution in [3.63, 3.8) is 0 Å². The molecule has 5 rings (SSSR count). The number of methoxy groups -OCH3 is 2. The van der Waals surface area contributed by atoms with Gasteiger partial charge in [-0.05, 0) is 54.8 Å². The number of aromatic nitrogens is 3. The molecule has 1 aliphatic rings. The van der Waals surface area contributed by atoms with E-state index in [4.69, 9.17) is 19.1 Å². The highest BCUT2D eigenvalue weighted by atomic mass is 16.5. The first-order chi connectivity index (χ1) is 14.3. The summed E-state index contributed by atoms with van der Waals surface area (Å²) in [5.74, 6) is 2.50. The second kappa shape index (κ2) is 7.13. The highest BCUT2D eigenvalue weighted by Crippen LogP contribution is 2.41. The van der Waals surface area contributed by atoms with Crippen molar-refractivity contribution in [1.29, 1.82) is 0 Å². The molecule has 2 aromatic heterocycles. The molecule has 1 aliphatic carbocycles. The fourth-order valence-corrected chi connectivity index (χ4v) is 3.88. The van der Waals surface area contributed by atoms with Gasteiger partial charge in [0, 0.05) is 11.1 Å². The number of rotatable bonds is 5. The van der Waals surface area contributed by atoms with Gasteiger partial charge < -0.3 is 14.0 Å². The van der Waals surface area contributed by atoms with Crippen molar-refractivity contribution in [2.75, 3.05) is 14.2 Å². The van der Waals surface area contributed by atoms with Gasteiger partial charge in [0.2, 0.25) is 0 Å². The SMILES string of the molecule is COc1ccc(Cn2nc3c(c2-c2ccc(OC)cc2)-c2oncc2CC3)cc1. The van der Waals surface area contributed by atoms with Gasteiger partial charge in [-0.3, -0.25) is 4.68 Å². The van der Waals surface area contributed by atoms with Crippen LogP contribution in [0.5, 0.6) is 11.5 Å². The van der Waals surface area contributed by atoms with Gasteiger partial charge in [-0.15, -0.1) is 0 Å². The van der Waals surface area contributed by atoms with Crippen LogP contribution in [0.4, 0.5) is 0 Å². The third-order valence-corrected chi connectivity index (χ3v) is 5.38. The molecule has 0 N–H and O–H groups in total. The quantitative estimate of drug-likeness (QED) is 0.509. The topological polar surface area (TPSA) is 62.3 Å². The number of fused-ring (bicyclic) bond motifs is 3. The first kappa shape index (κ1) is 17.6. The number of benzene rings is 2. The maximum Gasteiger partial charge on any atom is 0.174 e. The number of hydrogen-bond donors (Lipinski definition) is 0. The zero-order valence-corrected chi connectivity index (χ0v) is 16.4. The largest absolute Gasteiger partial charge is 0.497 e. The van der Waals surface area contributed by atoms with Crippen LogP contribution in [0, 0.1) is 0 Å². The maximum atomic E-state index is 5.64. The summed E-state index contributed by atoms with van der Waals surface area (Å²) in [6, 6.07) is 16.1. The molecule has 2 aromatic carbocycles. The third kappa shape index (κ3) is 3.06. The van der Waals surface area contributed by atoms with Crippen LogP contribution in [0.15, 0.2) is 59.3 Å². The Kier molecular flexibility index (Phi) is 4.31. The molecule has 0 atom stereocenters. The Morgan fingerprint density at radius 3 is 2.31 bits per heavy atom. The Hall–Kier alpha value is -3.54. The number of ether oxygens (including phenoxy) is 2. The Labute approximate surface area is 168 Å². The molecule has 0 fully saturated rings. The Balaban J connectivity index is 1.64. The van der Waals surface area contributed by atoms with Gasteiger partial charge >= 0.3 is 0 Å². The van der Waals surface area contributed by atoms with Crippen molar-refractivity contribution in [2.24, 2.45) is 0 Å². The smallest absolute Gasteiger partial charge is 0.174 e. The average Bonchev–Trinajstić information content (AvgIpc) is 3.38. The first-order valence-corrected chi connectivity index (χ1v) is 9.58. The second-order valence-electron chi connectivity index (χ2n) is 7.08. The highest BCUT2D eigenvalue weighted by molar-refractivity contribution is 5.83. The lowest BCUT2D eigenvalue weighted by Gasteiger charge is -2.12. The maximum absolute atomic E-state index is 5.64. The molecule has 0 radical (unpaired) electrons. The summed E-state index contributed by atoms with van der Waals surface area (Å²) < 4.78 is 18.3. The minimum atomic E-state index is 0.655. The average molecular weight is 387 g/mol. The molecule has 0 unspecified atom stereocenters. The van der Waals surface area contributed by atoms with Gasteiger partial charge in [-0.25, -0.2) is 0 Å². The Morgan fingerprint density at radius 1 is 0.931 bits per heavy atom. The van der Waals surface area contributed by atoms with Crippen LogP contribution < -0.4 is 9.47 Å². The van der Waals surface area contributed by atoms with Crippen molar-refractivity contribution in [1.82, 2.24) is 14.9 Å². The Morgan fingerprint density at radius 2 is 1.62 bits per heavy atom. The number of aryl methyl sites for hydroxylation is 2. The van der Waals surface area contributed by atoms with Crippen LogP contribution >= 0.6 is 0 Å². The van der Waals surface area contributed by atoms with E-state index in [0.717, 1.165) is 63.7 Å². The van der Waals surface area contributed by atoms with Gasteiger partial charge in [-0.1, -0.05) is 17.3 Å². The molecule has 146 valence electrons. The van der Waals surface area contributed by atoms with Crippen molar-refractivity contribution < 1.29 is 14.0 Å². The summed E-state index contributed by atoms with van der Waals surface area (Å²) in [6.45, 7) is 0.655. The molecule has 0 aliphatic heterocycles. The van der Waals surface area contributed by atoms with E-state index in [1.165, 1.54) is 0 Å². The van der Waals surface area contributed by atoms with E-state index in [0.29, 0.717) is 6.54 Å². The molecular formula is C23H21N3O3. The molecular weight excluding hydrogens is 366 g/mol. The highest BCUT2D eigenvalue weighted by Gasteiger charge is 2.29. The van der Waals surface area contributed by atoms with Gasteiger partial charge in [0.25, 0.3) is 0 Å². The Bertz CT molecular complexity index is 1140. The summed E-state index contributed by atoms with van der Waals surface area (Å²) in [5.41, 5.74) is 6.49. The summed E-state index contributed by atoms with van der Waals surface area (Å²) in [6.07, 6.45) is 3.59. The van der Waals surface area contributed by atoms with E-state index in [1.54, 1.807) is 14.2 Å². The minimum absolute atomic E-state index is 0.655. The van der Waals surface area contributed by atoms with Crippen LogP contribution in [0.2, 0.25) is 0 Å². The standard InChI is InChI=1S/C23H21N3O3/c1-27-18-8-3-15(4-9-18)14-26-22(16-5-10-19(28-2)11-6-16)21-20(25-26)12-7-17-13-24-29-23(17)21/h3-6,8-11,13H,7,12,14H2,1-2H3. The minimum Gasteiger partial charge on any atom is -0.497 e. The van der Waals surface area contributed by atoms with E-state index in [9.17, 15) is 0 Å². The van der Waals surface area contributed by atoms with Crippen LogP contribution in [0.3, 0.4) is 0 Å². The van der Waals surface area contributed by atoms with Gasteiger partial charge in [0.1, 0.15) is 11.5 Å². The van der Waals surface area contributed by atoms with Crippen LogP contribution in [0.25, 0.3) is 22.6 Å². The van der Waals surface area contributed by atoms with Crippen LogP contribution in [-0.2, 0) is 19.4 Å². The van der Waals surface area contributed by atoms with E-state index in [1.807, 2.05) is 30.5 Å². The van der Waals surface area contributed by atoms with Crippen LogP contribution in [-0.4, -0.2) is 29.2 Å². The van der Waals surface area contributed by atoms with Crippen molar-refractivity contribution in [3.8, 4) is 34.1 Å². The zero-order valence-electron chi connectivity index (χ0n) is 16.4. The summed E-state index contributed by atoms with van der Waals surface area (Å²) >= 11 is 0. The summed E-state index contributed by atoms with van der Waals surface area (Å²) in [4.78, 5) is 0. The molecule has 6 heteroatoms. The summed E-state index contributed by atoms with van der Waals surface area (Å²) in [5, 5.41) is 8.98. The van der Waals surface area contributed by atoms with Gasteiger partial charge in [0.05, 0.1) is 43.9 Å². The molecule has 0 amide bonds. The molecule has 29 heavy (non-hydrogen) atoms. The van der Waals surface area contributed by atoms with Crippen molar-refractivity contribution in [2.45, 2.75) is 19.4 Å². The van der Waals surface area contributed by atoms with E-state index < -0.39 is 0 Å². The fraction of sp³-hybridized carbons (Fsp3) is 0.217. The second-order valence-corrected chi connectivity index (χ2v) is 7.08. The third-order valence-electron chi connectivity index (χ3n) is 5.38. The van der Waals surface area contributed by atoms with E-state index in [2.05, 4.69) is 34.1 Å². The molecule has 0 saturated heterocycles. The van der Waals surface area contributed by atoms with Gasteiger partial charge in [0.15, 0.2) is 5.76 Å². The molecule has 0 saturated carbocycles. The van der Waals surface area contributed by atoms with Gasteiger partial charge in [-0.2, -0.15) is 5.10 Å².